The highest BCUT2D eigenvalue weighted by molar-refractivity contribution is 8.00. The predicted octanol–water partition coefficient (Wildman–Crippen LogP) is 5.52. The van der Waals surface area contributed by atoms with Crippen molar-refractivity contribution in [1.82, 2.24) is 9.88 Å². The van der Waals surface area contributed by atoms with E-state index in [0.717, 1.165) is 59.4 Å². The largest absolute Gasteiger partial charge is 0.504 e. The Balaban J connectivity index is 0.000000241. The van der Waals surface area contributed by atoms with E-state index in [1.54, 1.807) is 11.6 Å². The summed E-state index contributed by atoms with van der Waals surface area (Å²) >= 11 is 2.50. The lowest BCUT2D eigenvalue weighted by Crippen LogP contribution is -2.40. The molecule has 1 aromatic heterocycles. The summed E-state index contributed by atoms with van der Waals surface area (Å²) in [7, 11) is 2.06. The molecule has 3 aromatic rings. The Hall–Kier alpha value is -2.76. The van der Waals surface area contributed by atoms with Gasteiger partial charge >= 0.3 is 0 Å². The summed E-state index contributed by atoms with van der Waals surface area (Å²) in [5.74, 6) is -2.62. The van der Waals surface area contributed by atoms with Crippen LogP contribution < -0.4 is 4.72 Å². The van der Waals surface area contributed by atoms with Gasteiger partial charge < -0.3 is 30.0 Å². The number of anilines is 1. The molecule has 5 N–H and O–H groups in total. The number of nitrogens with one attached hydrogen (secondary N) is 1. The number of benzene rings is 2. The molecule has 0 unspecified atom stereocenters. The third-order valence-corrected chi connectivity index (χ3v) is 7.44. The van der Waals surface area contributed by atoms with Crippen molar-refractivity contribution in [2.75, 3.05) is 24.9 Å². The molecule has 8 nitrogen and oxygen atoms in total. The molecule has 35 heavy (non-hydrogen) atoms. The first-order valence-corrected chi connectivity index (χ1v) is 12.8. The molecular weight excluding hydrogens is 493 g/mol. The number of nitrogens with zero attached hydrogens (tertiary/aromatic N) is 2. The minimum Gasteiger partial charge on any atom is -0.504 e. The molecular formula is C24H30FN3O5S2. The maximum absolute atomic E-state index is 14.0. The number of halogens is 1. The lowest BCUT2D eigenvalue weighted by molar-refractivity contribution is 0.0500. The fraction of sp³-hybridized carbons (Fsp3) is 0.417. The van der Waals surface area contributed by atoms with Crippen LogP contribution in [-0.4, -0.2) is 62.4 Å². The van der Waals surface area contributed by atoms with Crippen LogP contribution in [0.2, 0.25) is 0 Å². The molecule has 0 saturated carbocycles. The number of rotatable bonds is 6. The van der Waals surface area contributed by atoms with Gasteiger partial charge in [0.2, 0.25) is 0 Å². The number of likely N-dealkylation sites (tertiary alicyclic amines) is 1. The number of hydrogen-bond donors (Lipinski definition) is 5. The molecule has 190 valence electrons. The Labute approximate surface area is 211 Å². The normalized spacial score (nSPS) is 15.6. The van der Waals surface area contributed by atoms with Crippen molar-refractivity contribution in [3.05, 3.63) is 29.3 Å². The molecule has 2 heterocycles. The van der Waals surface area contributed by atoms with Crippen molar-refractivity contribution < 1.29 is 29.6 Å². The van der Waals surface area contributed by atoms with E-state index in [4.69, 9.17) is 0 Å². The van der Waals surface area contributed by atoms with Crippen LogP contribution in [0.4, 0.5) is 10.1 Å². The van der Waals surface area contributed by atoms with Crippen molar-refractivity contribution in [3.63, 3.8) is 0 Å². The number of phenols is 4. The van der Waals surface area contributed by atoms with E-state index in [-0.39, 0.29) is 12.0 Å². The maximum atomic E-state index is 14.0. The third kappa shape index (κ3) is 6.28. The number of aldehydes is 1. The number of carbonyl (C=O) groups is 1. The lowest BCUT2D eigenvalue weighted by Gasteiger charge is -2.35. The van der Waals surface area contributed by atoms with Gasteiger partial charge in [0.25, 0.3) is 0 Å². The standard InChI is InChI=1S/C14H10N2O5S2.C10H20FN/c17-4-6-11(18)13(20)10(14(21)12(6)19)16-23-8-3-1-2-7-9(8)15-5-22-7;1-9(2)8-10(11)4-6-12(3)7-5-10/h1-5,16,18-21H;9H,4-8H2,1-3H3. The van der Waals surface area contributed by atoms with Gasteiger partial charge in [-0.3, -0.25) is 4.79 Å². The number of hydrogen-bond acceptors (Lipinski definition) is 10. The lowest BCUT2D eigenvalue weighted by atomic mass is 9.86. The van der Waals surface area contributed by atoms with Gasteiger partial charge in [0.1, 0.15) is 16.9 Å². The van der Waals surface area contributed by atoms with Crippen LogP contribution in [0.1, 0.15) is 43.5 Å². The highest BCUT2D eigenvalue weighted by Gasteiger charge is 2.33. The average molecular weight is 524 g/mol. The summed E-state index contributed by atoms with van der Waals surface area (Å²) in [6.07, 6.45) is 2.32. The third-order valence-electron chi connectivity index (χ3n) is 5.79. The first-order chi connectivity index (χ1) is 16.6. The van der Waals surface area contributed by atoms with E-state index in [0.29, 0.717) is 5.92 Å². The van der Waals surface area contributed by atoms with Crippen LogP contribution in [0.3, 0.4) is 0 Å². The van der Waals surface area contributed by atoms with E-state index in [2.05, 4.69) is 35.5 Å². The van der Waals surface area contributed by atoms with E-state index >= 15 is 0 Å². The van der Waals surface area contributed by atoms with E-state index in [1.807, 2.05) is 12.1 Å². The van der Waals surface area contributed by atoms with Crippen molar-refractivity contribution in [1.29, 1.82) is 0 Å². The number of aromatic nitrogens is 1. The maximum Gasteiger partial charge on any atom is 0.187 e. The zero-order valence-electron chi connectivity index (χ0n) is 19.8. The summed E-state index contributed by atoms with van der Waals surface area (Å²) in [4.78, 5) is 17.9. The van der Waals surface area contributed by atoms with Crippen LogP contribution in [0.15, 0.2) is 28.6 Å². The number of piperidine rings is 1. The van der Waals surface area contributed by atoms with Gasteiger partial charge in [-0.15, -0.1) is 11.3 Å². The summed E-state index contributed by atoms with van der Waals surface area (Å²) in [6.45, 7) is 6.03. The Kier molecular flexibility index (Phi) is 8.68. The van der Waals surface area contributed by atoms with Crippen molar-refractivity contribution in [2.24, 2.45) is 5.92 Å². The molecule has 0 aliphatic carbocycles. The monoisotopic (exact) mass is 523 g/mol. The fourth-order valence-corrected chi connectivity index (χ4v) is 5.51. The summed E-state index contributed by atoms with van der Waals surface area (Å²) < 4.78 is 17.6. The minimum atomic E-state index is -0.860. The zero-order valence-corrected chi connectivity index (χ0v) is 21.4. The SMILES string of the molecule is CC(C)CC1(F)CCN(C)CC1.O=Cc1c(O)c(O)c(NSc2cccc3scnc23)c(O)c1O. The molecule has 1 aliphatic rings. The topological polar surface area (TPSA) is 126 Å². The second-order valence-corrected chi connectivity index (χ2v) is 10.7. The molecule has 0 bridgehead atoms. The first-order valence-electron chi connectivity index (χ1n) is 11.1. The summed E-state index contributed by atoms with van der Waals surface area (Å²) in [6, 6.07) is 5.52. The van der Waals surface area contributed by atoms with Gasteiger partial charge in [-0.25, -0.2) is 9.37 Å². The quantitative estimate of drug-likeness (QED) is 0.123. The van der Waals surface area contributed by atoms with Crippen LogP contribution in [0, 0.1) is 5.92 Å². The molecule has 1 fully saturated rings. The van der Waals surface area contributed by atoms with Crippen LogP contribution in [-0.2, 0) is 0 Å². The molecule has 0 amide bonds. The Morgan fingerprint density at radius 2 is 1.80 bits per heavy atom. The summed E-state index contributed by atoms with van der Waals surface area (Å²) in [5, 5.41) is 39.2. The van der Waals surface area contributed by atoms with Gasteiger partial charge in [0, 0.05) is 13.1 Å². The average Bonchev–Trinajstić information content (AvgIpc) is 3.30. The Morgan fingerprint density at radius 1 is 1.17 bits per heavy atom. The van der Waals surface area contributed by atoms with Crippen molar-refractivity contribution >= 4 is 45.5 Å². The molecule has 1 saturated heterocycles. The summed E-state index contributed by atoms with van der Waals surface area (Å²) in [5.41, 5.74) is 0.688. The zero-order chi connectivity index (χ0) is 25.8. The van der Waals surface area contributed by atoms with Gasteiger partial charge in [-0.1, -0.05) is 19.9 Å². The number of alkyl halides is 1. The predicted molar refractivity (Wildman–Crippen MR) is 138 cm³/mol. The molecule has 0 spiro atoms. The molecule has 1 aliphatic heterocycles. The molecule has 2 aromatic carbocycles. The van der Waals surface area contributed by atoms with Crippen LogP contribution in [0.25, 0.3) is 10.2 Å². The Bertz CT molecular complexity index is 1150. The van der Waals surface area contributed by atoms with Crippen molar-refractivity contribution in [2.45, 2.75) is 43.7 Å². The second-order valence-electron chi connectivity index (χ2n) is 9.01. The van der Waals surface area contributed by atoms with Gasteiger partial charge in [-0.2, -0.15) is 0 Å². The number of para-hydroxylation sites is 1. The molecule has 0 radical (unpaired) electrons. The van der Waals surface area contributed by atoms with E-state index in [9.17, 15) is 29.6 Å². The Morgan fingerprint density at radius 3 is 2.37 bits per heavy atom. The fourth-order valence-electron chi connectivity index (χ4n) is 3.93. The first kappa shape index (κ1) is 26.8. The molecule has 0 atom stereocenters. The number of fused-ring (bicyclic) bond motifs is 1. The number of carbonyl (C=O) groups excluding carboxylic acids is 1. The van der Waals surface area contributed by atoms with E-state index < -0.39 is 34.2 Å². The van der Waals surface area contributed by atoms with Gasteiger partial charge in [-0.05, 0) is 56.3 Å². The van der Waals surface area contributed by atoms with Gasteiger partial charge in [0.15, 0.2) is 29.3 Å². The highest BCUT2D eigenvalue weighted by atomic mass is 32.2. The van der Waals surface area contributed by atoms with Crippen LogP contribution >= 0.6 is 23.3 Å². The second kappa shape index (κ2) is 11.3. The van der Waals surface area contributed by atoms with Crippen LogP contribution in [0.5, 0.6) is 23.0 Å². The van der Waals surface area contributed by atoms with Gasteiger partial charge in [0.05, 0.1) is 20.6 Å². The number of aromatic hydroxyl groups is 4. The minimum absolute atomic E-state index is 0.136. The van der Waals surface area contributed by atoms with Crippen molar-refractivity contribution in [3.8, 4) is 23.0 Å². The smallest absolute Gasteiger partial charge is 0.187 e. The highest BCUT2D eigenvalue weighted by Crippen LogP contribution is 2.50. The number of phenolic OH excluding ortho intramolecular Hbond substituents is 4. The number of thiazole rings is 1. The molecule has 11 heteroatoms. The van der Waals surface area contributed by atoms with E-state index in [1.165, 1.54) is 11.3 Å². The molecule has 4 rings (SSSR count).